The monoisotopic (exact) mass is 612 g/mol. The van der Waals surface area contributed by atoms with Crippen molar-refractivity contribution in [3.63, 3.8) is 0 Å². The van der Waals surface area contributed by atoms with Gasteiger partial charge in [-0.25, -0.2) is 0 Å². The first-order valence-corrected chi connectivity index (χ1v) is 16.7. The number of amides is 2. The summed E-state index contributed by atoms with van der Waals surface area (Å²) in [7, 11) is 0. The summed E-state index contributed by atoms with van der Waals surface area (Å²) in [6.45, 7) is 0. The third kappa shape index (κ3) is 5.00. The number of nitro groups is 2. The summed E-state index contributed by atoms with van der Waals surface area (Å²) in [4.78, 5) is 50.4. The third-order valence-corrected chi connectivity index (χ3v) is 12.5. The van der Waals surface area contributed by atoms with Gasteiger partial charge in [0.05, 0.1) is 20.7 Å². The normalized spacial score (nSPS) is 35.3. The van der Waals surface area contributed by atoms with Gasteiger partial charge < -0.3 is 10.6 Å². The van der Waals surface area contributed by atoms with Crippen LogP contribution in [0.1, 0.15) is 88.2 Å². The molecule has 2 aromatic carbocycles. The van der Waals surface area contributed by atoms with Crippen molar-refractivity contribution in [2.24, 2.45) is 46.3 Å². The molecule has 45 heavy (non-hydrogen) atoms. The summed E-state index contributed by atoms with van der Waals surface area (Å²) in [5.74, 6) is 3.55. The Hall–Kier alpha value is -3.82. The maximum absolute atomic E-state index is 13.5. The van der Waals surface area contributed by atoms with Gasteiger partial charge in [-0.1, -0.05) is 0 Å². The minimum Gasteiger partial charge on any atom is -0.325 e. The van der Waals surface area contributed by atoms with E-state index in [1.54, 1.807) is 24.3 Å². The number of carbonyl (C=O) groups is 2. The van der Waals surface area contributed by atoms with Gasteiger partial charge in [0.25, 0.3) is 11.4 Å². The van der Waals surface area contributed by atoms with E-state index in [4.69, 9.17) is 0 Å². The Labute approximate surface area is 262 Å². The van der Waals surface area contributed by atoms with Gasteiger partial charge in [-0.15, -0.1) is 0 Å². The lowest BCUT2D eigenvalue weighted by atomic mass is 9.49. The maximum Gasteiger partial charge on any atom is 0.275 e. The molecule has 0 aliphatic heterocycles. The minimum atomic E-state index is -0.498. The van der Waals surface area contributed by atoms with Gasteiger partial charge in [0.15, 0.2) is 0 Å². The first-order chi connectivity index (χ1) is 21.6. The van der Waals surface area contributed by atoms with Crippen LogP contribution in [0.25, 0.3) is 0 Å². The van der Waals surface area contributed by atoms with Crippen molar-refractivity contribution >= 4 is 34.6 Å². The van der Waals surface area contributed by atoms with Gasteiger partial charge in [0.2, 0.25) is 11.8 Å². The fraction of sp³-hybridized carbons (Fsp3) is 0.600. The van der Waals surface area contributed by atoms with Gasteiger partial charge in [-0.3, -0.25) is 29.8 Å². The number of benzene rings is 2. The lowest BCUT2D eigenvalue weighted by Gasteiger charge is -2.55. The van der Waals surface area contributed by atoms with Gasteiger partial charge in [0.1, 0.15) is 0 Å². The van der Waals surface area contributed by atoms with Crippen molar-refractivity contribution in [2.75, 3.05) is 10.6 Å². The van der Waals surface area contributed by atoms with Crippen LogP contribution in [-0.2, 0) is 16.0 Å². The third-order valence-electron chi connectivity index (χ3n) is 12.5. The molecular formula is C35H40N4O6. The highest BCUT2D eigenvalue weighted by Crippen LogP contribution is 2.61. The van der Waals surface area contributed by atoms with Crippen LogP contribution < -0.4 is 10.6 Å². The van der Waals surface area contributed by atoms with Crippen LogP contribution in [0.4, 0.5) is 22.7 Å². The molecule has 0 heterocycles. The molecule has 8 aliphatic rings. The van der Waals surface area contributed by atoms with Crippen molar-refractivity contribution in [1.29, 1.82) is 0 Å². The van der Waals surface area contributed by atoms with Gasteiger partial charge >= 0.3 is 0 Å². The molecule has 2 amide bonds. The highest BCUT2D eigenvalue weighted by Gasteiger charge is 2.55. The van der Waals surface area contributed by atoms with E-state index in [-0.39, 0.29) is 40.4 Å². The smallest absolute Gasteiger partial charge is 0.275 e. The predicted octanol–water partition coefficient (Wildman–Crippen LogP) is 7.40. The number of hydrogen-bond donors (Lipinski definition) is 2. The Morgan fingerprint density at radius 1 is 0.600 bits per heavy atom. The second kappa shape index (κ2) is 10.4. The van der Waals surface area contributed by atoms with Crippen LogP contribution in [0.3, 0.4) is 0 Å². The van der Waals surface area contributed by atoms with E-state index >= 15 is 0 Å². The Balaban J connectivity index is 0.997. The van der Waals surface area contributed by atoms with E-state index in [0.717, 1.165) is 38.5 Å². The minimum absolute atomic E-state index is 0.0287. The van der Waals surface area contributed by atoms with E-state index in [9.17, 15) is 29.8 Å². The van der Waals surface area contributed by atoms with E-state index in [1.165, 1.54) is 50.7 Å². The topological polar surface area (TPSA) is 144 Å². The maximum atomic E-state index is 13.5. The first-order valence-electron chi connectivity index (χ1n) is 16.7. The molecule has 236 valence electrons. The molecule has 0 saturated heterocycles. The number of nitrogens with one attached hydrogen (secondary N) is 2. The van der Waals surface area contributed by atoms with E-state index < -0.39 is 9.85 Å². The van der Waals surface area contributed by atoms with Crippen LogP contribution >= 0.6 is 0 Å². The molecule has 0 atom stereocenters. The summed E-state index contributed by atoms with van der Waals surface area (Å²) in [5.41, 5.74) is 0.263. The van der Waals surface area contributed by atoms with Crippen molar-refractivity contribution in [3.05, 3.63) is 67.8 Å². The van der Waals surface area contributed by atoms with E-state index in [0.29, 0.717) is 58.0 Å². The molecule has 0 spiro atoms. The van der Waals surface area contributed by atoms with Crippen molar-refractivity contribution in [3.8, 4) is 0 Å². The Morgan fingerprint density at radius 3 is 1.20 bits per heavy atom. The predicted molar refractivity (Wildman–Crippen MR) is 167 cm³/mol. The molecule has 10 nitrogen and oxygen atoms in total. The molecule has 2 N–H and O–H groups in total. The lowest BCUT2D eigenvalue weighted by Crippen LogP contribution is -2.51. The zero-order valence-electron chi connectivity index (χ0n) is 25.5. The van der Waals surface area contributed by atoms with Crippen LogP contribution in [-0.4, -0.2) is 21.7 Å². The Kier molecular flexibility index (Phi) is 6.59. The zero-order chi connectivity index (χ0) is 31.1. The molecule has 8 saturated carbocycles. The number of carbonyl (C=O) groups excluding carboxylic acids is 2. The molecule has 8 bridgehead atoms. The number of nitro benzene ring substituents is 2. The molecule has 8 aliphatic carbocycles. The highest BCUT2D eigenvalue weighted by atomic mass is 16.6. The van der Waals surface area contributed by atoms with Crippen molar-refractivity contribution < 1.29 is 19.4 Å². The Bertz CT molecular complexity index is 1430. The molecule has 10 heteroatoms. The zero-order valence-corrected chi connectivity index (χ0v) is 25.5. The lowest BCUT2D eigenvalue weighted by molar-refractivity contribution is -0.386. The number of anilines is 2. The molecule has 8 fully saturated rings. The second-order valence-electron chi connectivity index (χ2n) is 15.7. The highest BCUT2D eigenvalue weighted by molar-refractivity contribution is 5.97. The first kappa shape index (κ1) is 28.6. The second-order valence-corrected chi connectivity index (χ2v) is 15.7. The fourth-order valence-electron chi connectivity index (χ4n) is 11.4. The van der Waals surface area contributed by atoms with Crippen LogP contribution in [0.5, 0.6) is 0 Å². The fourth-order valence-corrected chi connectivity index (χ4v) is 11.4. The molecule has 0 aromatic heterocycles. The van der Waals surface area contributed by atoms with Crippen molar-refractivity contribution in [2.45, 2.75) is 83.5 Å². The van der Waals surface area contributed by atoms with Gasteiger partial charge in [-0.05, 0) is 137 Å². The molecule has 10 rings (SSSR count). The van der Waals surface area contributed by atoms with Crippen molar-refractivity contribution in [1.82, 2.24) is 0 Å². The van der Waals surface area contributed by atoms with Gasteiger partial charge in [0, 0.05) is 41.1 Å². The van der Waals surface area contributed by atoms with Crippen LogP contribution in [0.2, 0.25) is 0 Å². The number of hydrogen-bond acceptors (Lipinski definition) is 6. The van der Waals surface area contributed by atoms with E-state index in [1.807, 2.05) is 0 Å². The average molecular weight is 613 g/mol. The average Bonchev–Trinajstić information content (AvgIpc) is 2.97. The summed E-state index contributed by atoms with van der Waals surface area (Å²) in [5, 5.41) is 30.3. The SMILES string of the molecule is O=C(Nc1ccc(Cc2ccc(NC(=O)C34CC5CC(CC(C5)C3)C4)cc2[N+](=O)[O-])c([N+](=O)[O-])c1)C12CC3CC(CC(C3)C1)C2. The van der Waals surface area contributed by atoms with Crippen LogP contribution in [0, 0.1) is 66.6 Å². The number of nitrogens with zero attached hydrogens (tertiary/aromatic N) is 2. The molecular weight excluding hydrogens is 572 g/mol. The molecule has 0 radical (unpaired) electrons. The standard InChI is InChI=1S/C35H40N4O6/c40-32(34-14-20-5-21(15-34)7-22(6-20)16-34)36-28-3-1-26(30(12-28)38(42)43)11-27-2-4-29(13-31(27)39(44)45)37-33(41)35-17-23-8-24(18-35)10-25(9-23)19-35/h1-4,12-13,20-25H,5-11,14-19H2,(H,36,40)(H,37,41). The summed E-state index contributed by atoms with van der Waals surface area (Å²) in [6, 6.07) is 9.23. The largest absolute Gasteiger partial charge is 0.325 e. The summed E-state index contributed by atoms with van der Waals surface area (Å²) < 4.78 is 0. The van der Waals surface area contributed by atoms with Crippen LogP contribution in [0.15, 0.2) is 36.4 Å². The molecule has 0 unspecified atom stereocenters. The van der Waals surface area contributed by atoms with E-state index in [2.05, 4.69) is 10.6 Å². The quantitative estimate of drug-likeness (QED) is 0.235. The Morgan fingerprint density at radius 2 is 0.911 bits per heavy atom. The summed E-state index contributed by atoms with van der Waals surface area (Å²) >= 11 is 0. The van der Waals surface area contributed by atoms with Gasteiger partial charge in [-0.2, -0.15) is 0 Å². The number of rotatable bonds is 8. The molecule has 2 aromatic rings. The summed E-state index contributed by atoms with van der Waals surface area (Å²) in [6.07, 6.45) is 12.6.